The molecule has 4 unspecified atom stereocenters. The highest BCUT2D eigenvalue weighted by Gasteiger charge is 2.27. The monoisotopic (exact) mass is 477 g/mol. The molecule has 0 fully saturated rings. The topological polar surface area (TPSA) is 275 Å². The molecule has 0 rings (SSSR count). The summed E-state index contributed by atoms with van der Waals surface area (Å²) < 4.78 is 0. The summed E-state index contributed by atoms with van der Waals surface area (Å²) >= 11 is 0. The first-order valence-electron chi connectivity index (χ1n) is 9.49. The van der Waals surface area contributed by atoms with Crippen LogP contribution in [0.2, 0.25) is 0 Å². The van der Waals surface area contributed by atoms with Gasteiger partial charge in [0, 0.05) is 6.42 Å². The van der Waals surface area contributed by atoms with Crippen molar-refractivity contribution in [3.63, 3.8) is 0 Å². The van der Waals surface area contributed by atoms with Gasteiger partial charge in [0.05, 0.1) is 25.6 Å². The number of nitrogens with one attached hydrogen (secondary N) is 4. The highest BCUT2D eigenvalue weighted by atomic mass is 16.4. The summed E-state index contributed by atoms with van der Waals surface area (Å²) in [4.78, 5) is 79.9. The van der Waals surface area contributed by atoms with E-state index in [0.717, 1.165) is 0 Å². The number of aliphatic hydroxyl groups excluding tert-OH is 1. The molecule has 0 aromatic heterocycles. The van der Waals surface area contributed by atoms with Crippen molar-refractivity contribution in [1.29, 1.82) is 0 Å². The summed E-state index contributed by atoms with van der Waals surface area (Å²) in [5.41, 5.74) is 5.36. The van der Waals surface area contributed by atoms with Gasteiger partial charge in [-0.25, -0.2) is 4.79 Å². The lowest BCUT2D eigenvalue weighted by atomic mass is 10.1. The number of hydrogen-bond donors (Lipinski definition) is 9. The molecule has 0 aliphatic carbocycles. The van der Waals surface area contributed by atoms with Crippen LogP contribution < -0.4 is 27.0 Å². The molecule has 0 heterocycles. The Morgan fingerprint density at radius 2 is 1.42 bits per heavy atom. The van der Waals surface area contributed by atoms with Crippen LogP contribution in [0.3, 0.4) is 0 Å². The molecular formula is C17H27N5O11. The van der Waals surface area contributed by atoms with E-state index in [4.69, 9.17) is 21.1 Å². The van der Waals surface area contributed by atoms with E-state index < -0.39 is 91.7 Å². The van der Waals surface area contributed by atoms with Gasteiger partial charge in [0.25, 0.3) is 0 Å². The fourth-order valence-corrected chi connectivity index (χ4v) is 2.22. The summed E-state index contributed by atoms with van der Waals surface area (Å²) in [7, 11) is 0. The second kappa shape index (κ2) is 14.3. The third kappa shape index (κ3) is 12.0. The second-order valence-electron chi connectivity index (χ2n) is 6.79. The third-order valence-electron chi connectivity index (χ3n) is 4.00. The number of carboxylic acid groups (broad SMARTS) is 3. The first-order valence-corrected chi connectivity index (χ1v) is 9.49. The number of aliphatic carboxylic acids is 3. The molecule has 186 valence electrons. The molecule has 0 aliphatic rings. The van der Waals surface area contributed by atoms with E-state index in [1.807, 2.05) is 5.32 Å². The molecule has 0 spiro atoms. The Morgan fingerprint density at radius 3 is 1.91 bits per heavy atom. The third-order valence-corrected chi connectivity index (χ3v) is 4.00. The van der Waals surface area contributed by atoms with Gasteiger partial charge in [0.2, 0.25) is 23.6 Å². The molecule has 0 radical (unpaired) electrons. The van der Waals surface area contributed by atoms with Crippen molar-refractivity contribution < 1.29 is 54.0 Å². The fraction of sp³-hybridized carbons (Fsp3) is 0.588. The summed E-state index contributed by atoms with van der Waals surface area (Å²) in [5.74, 6) is -7.90. The number of amides is 4. The standard InChI is InChI=1S/C17H27N5O11/c1-7(20-15(30)8(18)4-13(27)28)14(29)22-10(6-23)16(31)19-5-11(24)21-9(17(32)33)2-3-12(25)26/h7-10,23H,2-6,18H2,1H3,(H,19,31)(H,20,30)(H,21,24)(H,22,29)(H,25,26)(H,27,28)(H,32,33). The quantitative estimate of drug-likeness (QED) is 0.108. The molecule has 0 aromatic carbocycles. The van der Waals surface area contributed by atoms with Crippen LogP contribution in [0.1, 0.15) is 26.2 Å². The number of nitrogens with two attached hydrogens (primary N) is 1. The Hall–Kier alpha value is -3.79. The van der Waals surface area contributed by atoms with Crippen LogP contribution in [-0.2, 0) is 33.6 Å². The Bertz CT molecular complexity index is 772. The molecule has 0 bridgehead atoms. The number of aliphatic hydroxyl groups is 1. The molecule has 0 aliphatic heterocycles. The van der Waals surface area contributed by atoms with E-state index in [1.165, 1.54) is 6.92 Å². The summed E-state index contributed by atoms with van der Waals surface area (Å²) in [6, 6.07) is -5.72. The maximum atomic E-state index is 12.1. The Balaban J connectivity index is 4.71. The zero-order valence-electron chi connectivity index (χ0n) is 17.6. The van der Waals surface area contributed by atoms with Crippen LogP contribution in [0.5, 0.6) is 0 Å². The van der Waals surface area contributed by atoms with E-state index in [1.54, 1.807) is 0 Å². The number of rotatable bonds is 15. The molecule has 0 aromatic rings. The molecule has 4 amide bonds. The first kappa shape index (κ1) is 29.2. The fourth-order valence-electron chi connectivity index (χ4n) is 2.22. The molecule has 16 heteroatoms. The van der Waals surface area contributed by atoms with Crippen LogP contribution in [0, 0.1) is 0 Å². The average Bonchev–Trinajstić information content (AvgIpc) is 2.71. The van der Waals surface area contributed by atoms with Gasteiger partial charge < -0.3 is 47.4 Å². The molecule has 0 saturated heterocycles. The molecule has 0 saturated carbocycles. The Kier molecular flexibility index (Phi) is 12.7. The van der Waals surface area contributed by atoms with Gasteiger partial charge >= 0.3 is 17.9 Å². The smallest absolute Gasteiger partial charge is 0.326 e. The van der Waals surface area contributed by atoms with Crippen LogP contribution >= 0.6 is 0 Å². The Morgan fingerprint density at radius 1 is 0.818 bits per heavy atom. The van der Waals surface area contributed by atoms with Crippen molar-refractivity contribution in [1.82, 2.24) is 21.3 Å². The largest absolute Gasteiger partial charge is 0.481 e. The van der Waals surface area contributed by atoms with Gasteiger partial charge in [-0.15, -0.1) is 0 Å². The van der Waals surface area contributed by atoms with Crippen LogP contribution in [0.15, 0.2) is 0 Å². The maximum Gasteiger partial charge on any atom is 0.326 e. The number of hydrogen-bond acceptors (Lipinski definition) is 9. The van der Waals surface area contributed by atoms with Crippen molar-refractivity contribution >= 4 is 41.5 Å². The highest BCUT2D eigenvalue weighted by Crippen LogP contribution is 1.98. The van der Waals surface area contributed by atoms with Gasteiger partial charge in [-0.2, -0.15) is 0 Å². The molecule has 10 N–H and O–H groups in total. The normalized spacial score (nSPS) is 14.0. The first-order chi connectivity index (χ1) is 15.3. The van der Waals surface area contributed by atoms with Crippen molar-refractivity contribution in [3.8, 4) is 0 Å². The Labute approximate surface area is 186 Å². The van der Waals surface area contributed by atoms with Crippen LogP contribution in [0.25, 0.3) is 0 Å². The van der Waals surface area contributed by atoms with Gasteiger partial charge in [-0.3, -0.25) is 28.8 Å². The number of carbonyl (C=O) groups excluding carboxylic acids is 4. The van der Waals surface area contributed by atoms with E-state index >= 15 is 0 Å². The van der Waals surface area contributed by atoms with E-state index in [0.29, 0.717) is 0 Å². The van der Waals surface area contributed by atoms with Gasteiger partial charge in [-0.1, -0.05) is 0 Å². The SMILES string of the molecule is CC(NC(=O)C(N)CC(=O)O)C(=O)NC(CO)C(=O)NCC(=O)NC(CCC(=O)O)C(=O)O. The van der Waals surface area contributed by atoms with E-state index in [-0.39, 0.29) is 6.42 Å². The van der Waals surface area contributed by atoms with E-state index in [9.17, 15) is 38.7 Å². The lowest BCUT2D eigenvalue weighted by Crippen LogP contribution is -2.56. The lowest BCUT2D eigenvalue weighted by Gasteiger charge is -2.21. The minimum absolute atomic E-state index is 0.389. The van der Waals surface area contributed by atoms with Crippen molar-refractivity contribution in [2.75, 3.05) is 13.2 Å². The molecular weight excluding hydrogens is 450 g/mol. The predicted octanol–water partition coefficient (Wildman–Crippen LogP) is -4.68. The second-order valence-corrected chi connectivity index (χ2v) is 6.79. The van der Waals surface area contributed by atoms with Crippen molar-refractivity contribution in [2.24, 2.45) is 5.73 Å². The van der Waals surface area contributed by atoms with E-state index in [2.05, 4.69) is 16.0 Å². The lowest BCUT2D eigenvalue weighted by molar-refractivity contribution is -0.143. The minimum atomic E-state index is -1.54. The molecule has 33 heavy (non-hydrogen) atoms. The van der Waals surface area contributed by atoms with Gasteiger partial charge in [0.1, 0.15) is 18.1 Å². The summed E-state index contributed by atoms with van der Waals surface area (Å²) in [5, 5.41) is 43.8. The minimum Gasteiger partial charge on any atom is -0.481 e. The van der Waals surface area contributed by atoms with Crippen molar-refractivity contribution in [3.05, 3.63) is 0 Å². The highest BCUT2D eigenvalue weighted by molar-refractivity contribution is 5.94. The number of carboxylic acids is 3. The summed E-state index contributed by atoms with van der Waals surface area (Å²) in [6.07, 6.45) is -1.58. The average molecular weight is 477 g/mol. The predicted molar refractivity (Wildman–Crippen MR) is 106 cm³/mol. The van der Waals surface area contributed by atoms with Gasteiger partial charge in [0.15, 0.2) is 0 Å². The van der Waals surface area contributed by atoms with Crippen molar-refractivity contribution in [2.45, 2.75) is 50.4 Å². The maximum absolute atomic E-state index is 12.1. The molecule has 16 nitrogen and oxygen atoms in total. The van der Waals surface area contributed by atoms with Crippen LogP contribution in [-0.4, -0.2) is 99.3 Å². The zero-order chi connectivity index (χ0) is 25.7. The van der Waals surface area contributed by atoms with Gasteiger partial charge in [-0.05, 0) is 13.3 Å². The van der Waals surface area contributed by atoms with Crippen LogP contribution in [0.4, 0.5) is 0 Å². The zero-order valence-corrected chi connectivity index (χ0v) is 17.6. The number of carbonyl (C=O) groups is 7. The summed E-state index contributed by atoms with van der Waals surface area (Å²) in [6.45, 7) is -0.420. The molecule has 4 atom stereocenters.